The molecular weight excluding hydrogens is 755 g/mol. The van der Waals surface area contributed by atoms with Gasteiger partial charge in [-0.2, -0.15) is 0 Å². The lowest BCUT2D eigenvalue weighted by Gasteiger charge is -2.39. The highest BCUT2D eigenvalue weighted by Gasteiger charge is 2.44. The summed E-state index contributed by atoms with van der Waals surface area (Å²) in [4.78, 5) is 8.02. The van der Waals surface area contributed by atoms with Gasteiger partial charge in [0, 0.05) is 41.9 Å². The summed E-state index contributed by atoms with van der Waals surface area (Å²) in [5, 5.41) is 0. The van der Waals surface area contributed by atoms with E-state index in [0.29, 0.717) is 0 Å². The summed E-state index contributed by atoms with van der Waals surface area (Å²) in [5.41, 5.74) is 18.7. The third-order valence-electron chi connectivity index (χ3n) is 13.1. The van der Waals surface area contributed by atoms with Crippen LogP contribution in [0.3, 0.4) is 0 Å². The molecule has 0 bridgehead atoms. The molecule has 1 aliphatic heterocycles. The first kappa shape index (κ1) is 37.2. The second-order valence-corrected chi connectivity index (χ2v) is 20.2. The van der Waals surface area contributed by atoms with Crippen LogP contribution in [0.25, 0.3) is 44.5 Å². The normalized spacial score (nSPS) is 14.4. The van der Waals surface area contributed by atoms with Crippen molar-refractivity contribution in [3.05, 3.63) is 235 Å². The van der Waals surface area contributed by atoms with Crippen molar-refractivity contribution < 1.29 is 0 Å². The van der Waals surface area contributed by atoms with E-state index in [0.717, 1.165) is 11.4 Å². The maximum absolute atomic E-state index is 2.53. The summed E-state index contributed by atoms with van der Waals surface area (Å²) in [6.45, 7) is 9.16. The molecule has 1 heterocycles. The molecule has 0 spiro atoms. The molecule has 9 aromatic carbocycles. The fourth-order valence-corrected chi connectivity index (χ4v) is 14.2. The van der Waals surface area contributed by atoms with Gasteiger partial charge in [0.2, 0.25) is 0 Å². The Morgan fingerprint density at radius 3 is 1.51 bits per heavy atom. The molecule has 0 aromatic heterocycles. The molecule has 0 N–H and O–H groups in total. The Morgan fingerprint density at radius 2 is 0.869 bits per heavy atom. The van der Waals surface area contributed by atoms with E-state index in [1.54, 1.807) is 0 Å². The molecule has 1 aliphatic carbocycles. The second-order valence-electron chi connectivity index (χ2n) is 17.1. The average Bonchev–Trinajstić information content (AvgIpc) is 3.73. The Kier molecular flexibility index (Phi) is 8.77. The van der Waals surface area contributed by atoms with E-state index in [1.807, 2.05) is 0 Å². The average molecular weight is 802 g/mol. The minimum absolute atomic E-state index is 0.199. The van der Waals surface area contributed by atoms with Crippen LogP contribution in [0.15, 0.2) is 232 Å². The number of aryl methyl sites for hydroxylation is 2. The monoisotopic (exact) mass is 801 g/mol. The molecule has 0 saturated heterocycles. The van der Waals surface area contributed by atoms with Crippen LogP contribution >= 0.6 is 10.0 Å². The van der Waals surface area contributed by atoms with Crippen LogP contribution in [-0.4, -0.2) is 0 Å². The van der Waals surface area contributed by atoms with E-state index < -0.39 is 10.0 Å². The van der Waals surface area contributed by atoms with E-state index in [2.05, 4.69) is 245 Å². The van der Waals surface area contributed by atoms with Crippen molar-refractivity contribution in [3.63, 3.8) is 0 Å². The van der Waals surface area contributed by atoms with Crippen molar-refractivity contribution in [2.24, 2.45) is 0 Å². The van der Waals surface area contributed by atoms with Crippen molar-refractivity contribution in [2.45, 2.75) is 52.7 Å². The Morgan fingerprint density at radius 1 is 0.377 bits per heavy atom. The van der Waals surface area contributed by atoms with E-state index in [4.69, 9.17) is 0 Å². The molecule has 0 fully saturated rings. The van der Waals surface area contributed by atoms with Crippen LogP contribution in [0.4, 0.5) is 17.1 Å². The number of hydrogen-bond acceptors (Lipinski definition) is 1. The zero-order chi connectivity index (χ0) is 41.3. The largest absolute Gasteiger partial charge is 0.310 e. The van der Waals surface area contributed by atoms with E-state index in [9.17, 15) is 0 Å². The van der Waals surface area contributed by atoms with Gasteiger partial charge in [0.05, 0.1) is 5.69 Å². The van der Waals surface area contributed by atoms with Crippen LogP contribution < -0.4 is 4.90 Å². The van der Waals surface area contributed by atoms with Gasteiger partial charge in [0.25, 0.3) is 0 Å². The van der Waals surface area contributed by atoms with Crippen LogP contribution in [0, 0.1) is 13.8 Å². The standard InChI is InChI=1S/C59H47NS/c1-40-22-32-48(33-23-40)61(49-34-24-41(2)25-35-49)56-20-12-11-18-52(56)58-55(19-13-21-57(58)61)60(46-29-26-44(27-30-46)42-14-7-5-8-15-42)47-31-37-51-50-36-28-45(43-16-9-6-10-17-43)38-53(50)59(3,4)54(51)39-47/h5-39H,1-4H3. The van der Waals surface area contributed by atoms with Crippen molar-refractivity contribution in [1.82, 2.24) is 0 Å². The Labute approximate surface area is 362 Å². The molecule has 11 rings (SSSR count). The van der Waals surface area contributed by atoms with Gasteiger partial charge in [-0.1, -0.05) is 165 Å². The molecule has 1 nitrogen and oxygen atoms in total. The number of hydrogen-bond donors (Lipinski definition) is 0. The summed E-state index contributed by atoms with van der Waals surface area (Å²) in [6, 6.07) is 79.8. The smallest absolute Gasteiger partial charge is 0.0551 e. The predicted octanol–water partition coefficient (Wildman–Crippen LogP) is 16.7. The predicted molar refractivity (Wildman–Crippen MR) is 258 cm³/mol. The molecule has 294 valence electrons. The van der Waals surface area contributed by atoms with Crippen molar-refractivity contribution >= 4 is 27.1 Å². The van der Waals surface area contributed by atoms with Gasteiger partial charge in [-0.05, 0) is 137 Å². The van der Waals surface area contributed by atoms with Crippen LogP contribution in [0.1, 0.15) is 36.1 Å². The van der Waals surface area contributed by atoms with E-state index in [-0.39, 0.29) is 5.41 Å². The Hall–Kier alpha value is -6.87. The first-order chi connectivity index (χ1) is 29.8. The molecule has 2 aliphatic rings. The Bertz CT molecular complexity index is 3040. The minimum Gasteiger partial charge on any atom is -0.310 e. The molecule has 0 atom stereocenters. The summed E-state index contributed by atoms with van der Waals surface area (Å²) in [6.07, 6.45) is 0. The van der Waals surface area contributed by atoms with Crippen LogP contribution in [0.2, 0.25) is 0 Å². The van der Waals surface area contributed by atoms with Gasteiger partial charge in [-0.25, -0.2) is 0 Å². The number of anilines is 3. The maximum Gasteiger partial charge on any atom is 0.0551 e. The molecule has 0 amide bonds. The SMILES string of the molecule is Cc1ccc(S2(c3ccc(C)cc3)c3ccccc3-c3c(N(c4ccc(-c5ccccc5)cc4)c4ccc5c(c4)C(C)(C)c4cc(-c6ccccc6)ccc4-5)cccc32)cc1. The number of benzene rings is 9. The lowest BCUT2D eigenvalue weighted by Crippen LogP contribution is -2.17. The highest BCUT2D eigenvalue weighted by molar-refractivity contribution is 8.34. The Balaban J connectivity index is 1.14. The molecule has 61 heavy (non-hydrogen) atoms. The molecule has 9 aromatic rings. The van der Waals surface area contributed by atoms with Gasteiger partial charge in [-0.15, -0.1) is 10.0 Å². The summed E-state index contributed by atoms with van der Waals surface area (Å²) in [5.74, 6) is 0. The zero-order valence-corrected chi connectivity index (χ0v) is 35.9. The van der Waals surface area contributed by atoms with Gasteiger partial charge < -0.3 is 4.90 Å². The van der Waals surface area contributed by atoms with Gasteiger partial charge in [-0.3, -0.25) is 0 Å². The van der Waals surface area contributed by atoms with Crippen molar-refractivity contribution in [1.29, 1.82) is 0 Å². The third kappa shape index (κ3) is 5.85. The maximum atomic E-state index is 2.53. The molecule has 0 saturated carbocycles. The fraction of sp³-hybridized carbons (Fsp3) is 0.0847. The summed E-state index contributed by atoms with van der Waals surface area (Å²) in [7, 11) is -1.85. The van der Waals surface area contributed by atoms with Gasteiger partial charge in [0.15, 0.2) is 0 Å². The fourth-order valence-electron chi connectivity index (χ4n) is 9.95. The molecular formula is C59H47NS. The lowest BCUT2D eigenvalue weighted by atomic mass is 9.81. The quantitative estimate of drug-likeness (QED) is 0.155. The lowest BCUT2D eigenvalue weighted by molar-refractivity contribution is 0.660. The van der Waals surface area contributed by atoms with E-state index in [1.165, 1.54) is 92.0 Å². The topological polar surface area (TPSA) is 3.24 Å². The molecule has 0 unspecified atom stereocenters. The van der Waals surface area contributed by atoms with Crippen LogP contribution in [0.5, 0.6) is 0 Å². The minimum atomic E-state index is -1.85. The first-order valence-corrected chi connectivity index (χ1v) is 23.0. The summed E-state index contributed by atoms with van der Waals surface area (Å²) >= 11 is 0. The first-order valence-electron chi connectivity index (χ1n) is 21.3. The molecule has 0 radical (unpaired) electrons. The highest BCUT2D eigenvalue weighted by atomic mass is 32.3. The molecule has 2 heteroatoms. The number of nitrogens with zero attached hydrogens (tertiary/aromatic N) is 1. The summed E-state index contributed by atoms with van der Waals surface area (Å²) < 4.78 is 0. The number of fused-ring (bicyclic) bond motifs is 6. The van der Waals surface area contributed by atoms with E-state index >= 15 is 0 Å². The van der Waals surface area contributed by atoms with Gasteiger partial charge in [0.1, 0.15) is 0 Å². The zero-order valence-electron chi connectivity index (χ0n) is 35.1. The van der Waals surface area contributed by atoms with Gasteiger partial charge >= 0.3 is 0 Å². The number of rotatable bonds is 7. The van der Waals surface area contributed by atoms with Crippen molar-refractivity contribution in [3.8, 4) is 44.5 Å². The highest BCUT2D eigenvalue weighted by Crippen LogP contribution is 2.81. The second kappa shape index (κ2) is 14.4. The third-order valence-corrected chi connectivity index (χ3v) is 17.0. The van der Waals surface area contributed by atoms with Crippen molar-refractivity contribution in [2.75, 3.05) is 4.90 Å². The van der Waals surface area contributed by atoms with Crippen LogP contribution in [-0.2, 0) is 5.41 Å².